The molecule has 0 saturated heterocycles. The molecule has 0 radical (unpaired) electrons. The molecule has 1 atom stereocenters. The number of H-pyrrole nitrogens is 1. The summed E-state index contributed by atoms with van der Waals surface area (Å²) in [5, 5.41) is 0. The zero-order chi connectivity index (χ0) is 20.7. The number of ether oxygens (including phenoxy) is 4. The van der Waals surface area contributed by atoms with Gasteiger partial charge in [-0.15, -0.1) is 0 Å². The first-order chi connectivity index (χ1) is 13.3. The lowest BCUT2D eigenvalue weighted by molar-refractivity contribution is -0.168. The van der Waals surface area contributed by atoms with Crippen LogP contribution in [0, 0.1) is 0 Å². The first-order valence-corrected chi connectivity index (χ1v) is 8.23. The van der Waals surface area contributed by atoms with Crippen molar-refractivity contribution in [2.24, 2.45) is 0 Å². The number of hydrogen-bond donors (Lipinski definition) is 1. The molecule has 12 heteroatoms. The van der Waals surface area contributed by atoms with Gasteiger partial charge < -0.3 is 23.9 Å². The standard InChI is InChI=1S/C16H20N4O8/c1-9(21)25-4-12(5-26-10(2)22)28-13(6-27-11(3)23)20-8-19-14-15(20)17-7-18-16(14)24/h7-8,12-13H,4-6H2,1-3H3,(H,17,18,24). The Labute approximate surface area is 158 Å². The van der Waals surface area contributed by atoms with Gasteiger partial charge in [-0.2, -0.15) is 0 Å². The summed E-state index contributed by atoms with van der Waals surface area (Å²) in [6, 6.07) is 0. The van der Waals surface area contributed by atoms with Crippen LogP contribution in [0.15, 0.2) is 17.4 Å². The van der Waals surface area contributed by atoms with Crippen LogP contribution in [0.25, 0.3) is 11.2 Å². The van der Waals surface area contributed by atoms with Crippen molar-refractivity contribution < 1.29 is 33.3 Å². The molecule has 0 aromatic carbocycles. The van der Waals surface area contributed by atoms with Crippen molar-refractivity contribution in [2.75, 3.05) is 19.8 Å². The van der Waals surface area contributed by atoms with Gasteiger partial charge in [0.05, 0.1) is 12.7 Å². The van der Waals surface area contributed by atoms with Crippen LogP contribution < -0.4 is 5.56 Å². The maximum absolute atomic E-state index is 11.8. The number of imidazole rings is 1. The van der Waals surface area contributed by atoms with Crippen molar-refractivity contribution in [3.8, 4) is 0 Å². The Hall–Kier alpha value is -3.28. The van der Waals surface area contributed by atoms with E-state index in [-0.39, 0.29) is 31.0 Å². The summed E-state index contributed by atoms with van der Waals surface area (Å²) in [6.07, 6.45) is 0.656. The molecule has 2 aromatic heterocycles. The van der Waals surface area contributed by atoms with Gasteiger partial charge in [-0.05, 0) is 0 Å². The monoisotopic (exact) mass is 396 g/mol. The fraction of sp³-hybridized carbons (Fsp3) is 0.500. The number of aromatic amines is 1. The second-order valence-electron chi connectivity index (χ2n) is 5.68. The van der Waals surface area contributed by atoms with Gasteiger partial charge in [-0.3, -0.25) is 23.7 Å². The zero-order valence-corrected chi connectivity index (χ0v) is 15.5. The van der Waals surface area contributed by atoms with Crippen molar-refractivity contribution in [2.45, 2.75) is 33.1 Å². The highest BCUT2D eigenvalue weighted by Crippen LogP contribution is 2.18. The van der Waals surface area contributed by atoms with Gasteiger partial charge >= 0.3 is 17.9 Å². The number of nitrogens with zero attached hydrogens (tertiary/aromatic N) is 3. The third-order valence-electron chi connectivity index (χ3n) is 3.40. The zero-order valence-electron chi connectivity index (χ0n) is 15.5. The normalized spacial score (nSPS) is 12.0. The average molecular weight is 396 g/mol. The van der Waals surface area contributed by atoms with Gasteiger partial charge in [0.2, 0.25) is 0 Å². The highest BCUT2D eigenvalue weighted by Gasteiger charge is 2.24. The summed E-state index contributed by atoms with van der Waals surface area (Å²) in [5.74, 6) is -1.65. The molecule has 1 N–H and O–H groups in total. The van der Waals surface area contributed by atoms with Gasteiger partial charge in [0.25, 0.3) is 5.56 Å². The molecule has 2 rings (SSSR count). The first kappa shape index (κ1) is 21.0. The highest BCUT2D eigenvalue weighted by atomic mass is 16.6. The molecular formula is C16H20N4O8. The second kappa shape index (κ2) is 9.60. The maximum Gasteiger partial charge on any atom is 0.302 e. The van der Waals surface area contributed by atoms with Crippen LogP contribution >= 0.6 is 0 Å². The molecule has 12 nitrogen and oxygen atoms in total. The second-order valence-corrected chi connectivity index (χ2v) is 5.68. The number of hydrogen-bond acceptors (Lipinski definition) is 10. The maximum atomic E-state index is 11.8. The molecule has 0 amide bonds. The number of aromatic nitrogens is 4. The minimum atomic E-state index is -0.973. The Kier molecular flexibility index (Phi) is 7.21. The summed E-state index contributed by atoms with van der Waals surface area (Å²) < 4.78 is 22.1. The summed E-state index contributed by atoms with van der Waals surface area (Å²) in [4.78, 5) is 55.8. The van der Waals surface area contributed by atoms with E-state index in [9.17, 15) is 19.2 Å². The first-order valence-electron chi connectivity index (χ1n) is 8.23. The van der Waals surface area contributed by atoms with Crippen LogP contribution in [0.1, 0.15) is 27.0 Å². The average Bonchev–Trinajstić information content (AvgIpc) is 3.05. The molecule has 0 aliphatic heterocycles. The van der Waals surface area contributed by atoms with Gasteiger partial charge in [0.15, 0.2) is 17.4 Å². The van der Waals surface area contributed by atoms with E-state index in [1.165, 1.54) is 38.0 Å². The third-order valence-corrected chi connectivity index (χ3v) is 3.40. The summed E-state index contributed by atoms with van der Waals surface area (Å²) in [5.41, 5.74) is -0.193. The third kappa shape index (κ3) is 5.87. The molecular weight excluding hydrogens is 376 g/mol. The number of esters is 3. The van der Waals surface area contributed by atoms with E-state index in [1.54, 1.807) is 0 Å². The molecule has 0 saturated carbocycles. The van der Waals surface area contributed by atoms with Crippen molar-refractivity contribution in [3.63, 3.8) is 0 Å². The molecule has 2 heterocycles. The van der Waals surface area contributed by atoms with Crippen LogP contribution in [0.3, 0.4) is 0 Å². The largest absolute Gasteiger partial charge is 0.463 e. The van der Waals surface area contributed by atoms with Crippen LogP contribution in [0.2, 0.25) is 0 Å². The molecule has 0 bridgehead atoms. The topological polar surface area (TPSA) is 152 Å². The van der Waals surface area contributed by atoms with Crippen LogP contribution in [-0.4, -0.2) is 63.4 Å². The highest BCUT2D eigenvalue weighted by molar-refractivity contribution is 5.69. The molecule has 0 aliphatic carbocycles. The molecule has 2 aromatic rings. The Morgan fingerprint density at radius 2 is 1.57 bits per heavy atom. The van der Waals surface area contributed by atoms with E-state index in [4.69, 9.17) is 18.9 Å². The van der Waals surface area contributed by atoms with E-state index >= 15 is 0 Å². The quantitative estimate of drug-likeness (QED) is 0.441. The molecule has 0 spiro atoms. The number of fused-ring (bicyclic) bond motifs is 1. The molecule has 152 valence electrons. The minimum Gasteiger partial charge on any atom is -0.463 e. The van der Waals surface area contributed by atoms with E-state index in [2.05, 4.69) is 15.0 Å². The van der Waals surface area contributed by atoms with E-state index in [0.29, 0.717) is 0 Å². The molecule has 1 unspecified atom stereocenters. The van der Waals surface area contributed by atoms with Crippen LogP contribution in [-0.2, 0) is 33.3 Å². The summed E-state index contributed by atoms with van der Waals surface area (Å²) >= 11 is 0. The SMILES string of the molecule is CC(=O)OCC(COC(C)=O)OC(COC(C)=O)n1cnc2c(=O)[nH]cnc21. The van der Waals surface area contributed by atoms with Gasteiger partial charge in [0, 0.05) is 20.8 Å². The number of nitrogens with one attached hydrogen (secondary N) is 1. The molecule has 0 fully saturated rings. The van der Waals surface area contributed by atoms with Crippen molar-refractivity contribution >= 4 is 29.1 Å². The van der Waals surface area contributed by atoms with Crippen molar-refractivity contribution in [1.29, 1.82) is 0 Å². The Balaban J connectivity index is 2.29. The number of rotatable bonds is 9. The fourth-order valence-corrected chi connectivity index (χ4v) is 2.22. The fourth-order valence-electron chi connectivity index (χ4n) is 2.22. The minimum absolute atomic E-state index is 0.0652. The van der Waals surface area contributed by atoms with E-state index in [1.807, 2.05) is 0 Å². The lowest BCUT2D eigenvalue weighted by atomic mass is 10.4. The van der Waals surface area contributed by atoms with Crippen molar-refractivity contribution in [3.05, 3.63) is 23.0 Å². The summed E-state index contributed by atoms with van der Waals surface area (Å²) in [7, 11) is 0. The number of carbonyl (C=O) groups excluding carboxylic acids is 3. The molecule has 28 heavy (non-hydrogen) atoms. The molecule has 0 aliphatic rings. The van der Waals surface area contributed by atoms with Crippen molar-refractivity contribution in [1.82, 2.24) is 19.5 Å². The summed E-state index contributed by atoms with van der Waals surface area (Å²) in [6.45, 7) is 3.00. The smallest absolute Gasteiger partial charge is 0.302 e. The van der Waals surface area contributed by atoms with E-state index < -0.39 is 35.8 Å². The lowest BCUT2D eigenvalue weighted by Gasteiger charge is -2.25. The predicted molar refractivity (Wildman–Crippen MR) is 92.0 cm³/mol. The predicted octanol–water partition coefficient (Wildman–Crippen LogP) is -0.307. The van der Waals surface area contributed by atoms with Crippen LogP contribution in [0.5, 0.6) is 0 Å². The van der Waals surface area contributed by atoms with Gasteiger partial charge in [-0.25, -0.2) is 9.97 Å². The van der Waals surface area contributed by atoms with Gasteiger partial charge in [-0.1, -0.05) is 0 Å². The number of carbonyl (C=O) groups is 3. The Morgan fingerprint density at radius 1 is 1.00 bits per heavy atom. The van der Waals surface area contributed by atoms with Gasteiger partial charge in [0.1, 0.15) is 25.9 Å². The van der Waals surface area contributed by atoms with E-state index in [0.717, 1.165) is 0 Å². The Morgan fingerprint density at radius 3 is 2.14 bits per heavy atom. The lowest BCUT2D eigenvalue weighted by Crippen LogP contribution is -2.33. The van der Waals surface area contributed by atoms with Crippen LogP contribution in [0.4, 0.5) is 0 Å². The Bertz CT molecular complexity index is 887.